The molecular formula is C18H19Cl2NO5S. The highest BCUT2D eigenvalue weighted by molar-refractivity contribution is 7.93. The van der Waals surface area contributed by atoms with Crippen molar-refractivity contribution in [2.24, 2.45) is 0 Å². The SMILES string of the molecule is CCOC(=O)CN(c1cc(C)ccc1OC)S(=O)(=O)c1cc(Cl)ccc1Cl. The Morgan fingerprint density at radius 1 is 1.15 bits per heavy atom. The Balaban J connectivity index is 2.67. The highest BCUT2D eigenvalue weighted by atomic mass is 35.5. The van der Waals surface area contributed by atoms with E-state index in [-0.39, 0.29) is 33.0 Å². The van der Waals surface area contributed by atoms with E-state index in [0.29, 0.717) is 0 Å². The van der Waals surface area contributed by atoms with Crippen LogP contribution in [0.25, 0.3) is 0 Å². The molecule has 0 aliphatic rings. The first-order chi connectivity index (χ1) is 12.7. The Hall–Kier alpha value is -1.96. The number of halogens is 2. The molecule has 0 saturated carbocycles. The van der Waals surface area contributed by atoms with Crippen LogP contribution in [0.3, 0.4) is 0 Å². The van der Waals surface area contributed by atoms with Gasteiger partial charge in [-0.25, -0.2) is 8.42 Å². The molecule has 0 aromatic heterocycles. The van der Waals surface area contributed by atoms with Crippen LogP contribution in [0, 0.1) is 6.92 Å². The molecule has 0 heterocycles. The van der Waals surface area contributed by atoms with Crippen molar-refractivity contribution in [2.75, 3.05) is 24.6 Å². The van der Waals surface area contributed by atoms with Gasteiger partial charge in [-0.15, -0.1) is 0 Å². The van der Waals surface area contributed by atoms with E-state index in [2.05, 4.69) is 0 Å². The number of nitrogens with zero attached hydrogens (tertiary/aromatic N) is 1. The fraction of sp³-hybridized carbons (Fsp3) is 0.278. The number of aryl methyl sites for hydroxylation is 1. The summed E-state index contributed by atoms with van der Waals surface area (Å²) in [5, 5.41) is 0.185. The second-order valence-electron chi connectivity index (χ2n) is 5.57. The quantitative estimate of drug-likeness (QED) is 0.617. The van der Waals surface area contributed by atoms with Gasteiger partial charge in [-0.3, -0.25) is 9.10 Å². The van der Waals surface area contributed by atoms with E-state index in [1.807, 2.05) is 0 Å². The number of esters is 1. The van der Waals surface area contributed by atoms with Gasteiger partial charge >= 0.3 is 5.97 Å². The number of hydrogen-bond acceptors (Lipinski definition) is 5. The van der Waals surface area contributed by atoms with Gasteiger partial charge in [0.05, 0.1) is 24.4 Å². The molecule has 9 heteroatoms. The van der Waals surface area contributed by atoms with Crippen LogP contribution in [-0.4, -0.2) is 34.6 Å². The Kier molecular flexibility index (Phi) is 6.97. The summed E-state index contributed by atoms with van der Waals surface area (Å²) in [6.45, 7) is 3.01. The molecule has 0 saturated heterocycles. The van der Waals surface area contributed by atoms with Crippen molar-refractivity contribution in [1.29, 1.82) is 0 Å². The third-order valence-electron chi connectivity index (χ3n) is 3.64. The molecule has 0 amide bonds. The average Bonchev–Trinajstić information content (AvgIpc) is 2.61. The minimum atomic E-state index is -4.23. The van der Waals surface area contributed by atoms with Crippen LogP contribution in [0.2, 0.25) is 10.0 Å². The molecule has 0 spiro atoms. The van der Waals surface area contributed by atoms with E-state index >= 15 is 0 Å². The predicted molar refractivity (Wildman–Crippen MR) is 105 cm³/mol. The number of anilines is 1. The van der Waals surface area contributed by atoms with Gasteiger partial charge in [-0.1, -0.05) is 29.3 Å². The maximum atomic E-state index is 13.3. The zero-order valence-electron chi connectivity index (χ0n) is 15.0. The summed E-state index contributed by atoms with van der Waals surface area (Å²) in [6.07, 6.45) is 0. The third-order valence-corrected chi connectivity index (χ3v) is 6.12. The summed E-state index contributed by atoms with van der Waals surface area (Å²) in [7, 11) is -2.82. The van der Waals surface area contributed by atoms with E-state index in [0.717, 1.165) is 9.87 Å². The van der Waals surface area contributed by atoms with Crippen molar-refractivity contribution in [3.05, 3.63) is 52.0 Å². The smallest absolute Gasteiger partial charge is 0.326 e. The van der Waals surface area contributed by atoms with Crippen molar-refractivity contribution >= 4 is 44.9 Å². The normalized spacial score (nSPS) is 11.1. The lowest BCUT2D eigenvalue weighted by Gasteiger charge is -2.26. The van der Waals surface area contributed by atoms with Crippen molar-refractivity contribution < 1.29 is 22.7 Å². The van der Waals surface area contributed by atoms with Gasteiger partial charge in [0.25, 0.3) is 10.0 Å². The van der Waals surface area contributed by atoms with Crippen LogP contribution in [0.15, 0.2) is 41.3 Å². The molecule has 0 bridgehead atoms. The fourth-order valence-corrected chi connectivity index (χ4v) is 4.56. The number of carbonyl (C=O) groups excluding carboxylic acids is 1. The molecule has 2 rings (SSSR count). The number of carbonyl (C=O) groups is 1. The molecule has 0 N–H and O–H groups in total. The van der Waals surface area contributed by atoms with Crippen molar-refractivity contribution in [3.63, 3.8) is 0 Å². The van der Waals surface area contributed by atoms with Crippen molar-refractivity contribution in [2.45, 2.75) is 18.7 Å². The minimum absolute atomic E-state index is 0.0140. The van der Waals surface area contributed by atoms with Crippen LogP contribution in [0.1, 0.15) is 12.5 Å². The van der Waals surface area contributed by atoms with E-state index in [1.54, 1.807) is 32.0 Å². The van der Waals surface area contributed by atoms with Gasteiger partial charge in [-0.2, -0.15) is 0 Å². The standard InChI is InChI=1S/C18H19Cl2NO5S/c1-4-26-18(22)11-21(15-9-12(2)5-8-16(15)25-3)27(23,24)17-10-13(19)6-7-14(17)20/h5-10H,4,11H2,1-3H3. The second kappa shape index (κ2) is 8.82. The molecule has 2 aromatic carbocycles. The van der Waals surface area contributed by atoms with Gasteiger partial charge in [-0.05, 0) is 49.7 Å². The van der Waals surface area contributed by atoms with E-state index < -0.39 is 22.5 Å². The molecule has 0 aliphatic heterocycles. The fourth-order valence-electron chi connectivity index (χ4n) is 2.41. The zero-order valence-corrected chi connectivity index (χ0v) is 17.4. The van der Waals surface area contributed by atoms with Gasteiger partial charge in [0, 0.05) is 5.02 Å². The number of sulfonamides is 1. The highest BCUT2D eigenvalue weighted by Crippen LogP contribution is 2.36. The number of benzene rings is 2. The molecule has 0 radical (unpaired) electrons. The second-order valence-corrected chi connectivity index (χ2v) is 8.24. The van der Waals surface area contributed by atoms with E-state index in [9.17, 15) is 13.2 Å². The zero-order chi connectivity index (χ0) is 20.2. The number of methoxy groups -OCH3 is 1. The molecular weight excluding hydrogens is 413 g/mol. The molecule has 0 aliphatic carbocycles. The molecule has 6 nitrogen and oxygen atoms in total. The van der Waals surface area contributed by atoms with Gasteiger partial charge < -0.3 is 9.47 Å². The van der Waals surface area contributed by atoms with Crippen LogP contribution >= 0.6 is 23.2 Å². The summed E-state index contributed by atoms with van der Waals surface area (Å²) in [4.78, 5) is 11.9. The Labute approximate surface area is 168 Å². The summed E-state index contributed by atoms with van der Waals surface area (Å²) in [6, 6.07) is 9.09. The predicted octanol–water partition coefficient (Wildman–Crippen LogP) is 4.07. The highest BCUT2D eigenvalue weighted by Gasteiger charge is 2.32. The van der Waals surface area contributed by atoms with Crippen LogP contribution in [-0.2, 0) is 19.6 Å². The molecule has 27 heavy (non-hydrogen) atoms. The van der Waals surface area contributed by atoms with Crippen molar-refractivity contribution in [1.82, 2.24) is 0 Å². The van der Waals surface area contributed by atoms with Crippen LogP contribution in [0.5, 0.6) is 5.75 Å². The van der Waals surface area contributed by atoms with Crippen LogP contribution in [0.4, 0.5) is 5.69 Å². The Bertz CT molecular complexity index is 947. The first-order valence-corrected chi connectivity index (χ1v) is 10.2. The van der Waals surface area contributed by atoms with Crippen LogP contribution < -0.4 is 9.04 Å². The first kappa shape index (κ1) is 21.3. The van der Waals surface area contributed by atoms with Gasteiger partial charge in [0.15, 0.2) is 0 Å². The Morgan fingerprint density at radius 3 is 2.48 bits per heavy atom. The van der Waals surface area contributed by atoms with Gasteiger partial charge in [0.2, 0.25) is 0 Å². The molecule has 146 valence electrons. The molecule has 0 unspecified atom stereocenters. The van der Waals surface area contributed by atoms with E-state index in [1.165, 1.54) is 25.3 Å². The Morgan fingerprint density at radius 2 is 1.85 bits per heavy atom. The maximum Gasteiger partial charge on any atom is 0.326 e. The summed E-state index contributed by atoms with van der Waals surface area (Å²) in [5.41, 5.74) is 0.980. The average molecular weight is 432 g/mol. The lowest BCUT2D eigenvalue weighted by atomic mass is 10.2. The lowest BCUT2D eigenvalue weighted by molar-refractivity contribution is -0.141. The monoisotopic (exact) mass is 431 g/mol. The number of rotatable bonds is 7. The molecule has 0 atom stereocenters. The van der Waals surface area contributed by atoms with E-state index in [4.69, 9.17) is 32.7 Å². The lowest BCUT2D eigenvalue weighted by Crippen LogP contribution is -2.37. The first-order valence-electron chi connectivity index (χ1n) is 7.98. The third kappa shape index (κ3) is 4.86. The largest absolute Gasteiger partial charge is 0.495 e. The summed E-state index contributed by atoms with van der Waals surface area (Å²) in [5.74, 6) is -0.422. The van der Waals surface area contributed by atoms with Gasteiger partial charge in [0.1, 0.15) is 17.2 Å². The topological polar surface area (TPSA) is 72.9 Å². The number of ether oxygens (including phenoxy) is 2. The maximum absolute atomic E-state index is 13.3. The number of hydrogen-bond donors (Lipinski definition) is 0. The molecule has 2 aromatic rings. The molecule has 0 fully saturated rings. The summed E-state index contributed by atoms with van der Waals surface area (Å²) < 4.78 is 37.8. The van der Waals surface area contributed by atoms with Crippen molar-refractivity contribution in [3.8, 4) is 5.75 Å². The summed E-state index contributed by atoms with van der Waals surface area (Å²) >= 11 is 12.1. The minimum Gasteiger partial charge on any atom is -0.495 e.